The van der Waals surface area contributed by atoms with E-state index in [9.17, 15) is 4.79 Å². The fourth-order valence-electron chi connectivity index (χ4n) is 3.43. The van der Waals surface area contributed by atoms with Gasteiger partial charge in [0.25, 0.3) is 5.56 Å². The van der Waals surface area contributed by atoms with E-state index in [-0.39, 0.29) is 5.56 Å². The molecule has 1 fully saturated rings. The molecule has 1 aliphatic carbocycles. The van der Waals surface area contributed by atoms with Gasteiger partial charge in [0.1, 0.15) is 0 Å². The fourth-order valence-corrected chi connectivity index (χ4v) is 3.43. The van der Waals surface area contributed by atoms with Gasteiger partial charge in [0.05, 0.1) is 0 Å². The van der Waals surface area contributed by atoms with Crippen molar-refractivity contribution in [3.8, 4) is 0 Å². The Balaban J connectivity index is 1.87. The molecule has 0 bridgehead atoms. The Bertz CT molecular complexity index is 574. The van der Waals surface area contributed by atoms with Crippen molar-refractivity contribution >= 4 is 0 Å². The van der Waals surface area contributed by atoms with Gasteiger partial charge in [0, 0.05) is 43.4 Å². The third-order valence-electron chi connectivity index (χ3n) is 4.94. The summed E-state index contributed by atoms with van der Waals surface area (Å²) in [5.74, 6) is 0. The topological polar surface area (TPSA) is 37.3 Å². The van der Waals surface area contributed by atoms with Crippen molar-refractivity contribution in [2.75, 3.05) is 19.6 Å². The van der Waals surface area contributed by atoms with E-state index in [1.807, 2.05) is 0 Å². The van der Waals surface area contributed by atoms with Gasteiger partial charge < -0.3 is 9.88 Å². The molecule has 3 rings (SSSR count). The van der Waals surface area contributed by atoms with Crippen LogP contribution in [0.2, 0.25) is 0 Å². The molecule has 1 N–H and O–H groups in total. The Labute approximate surface area is 133 Å². The van der Waals surface area contributed by atoms with Crippen LogP contribution >= 0.6 is 0 Å². The third-order valence-corrected chi connectivity index (χ3v) is 4.94. The van der Waals surface area contributed by atoms with Crippen LogP contribution in [0.4, 0.5) is 0 Å². The normalized spacial score (nSPS) is 18.5. The molecule has 0 spiro atoms. The van der Waals surface area contributed by atoms with Gasteiger partial charge in [0.2, 0.25) is 0 Å². The third kappa shape index (κ3) is 3.28. The summed E-state index contributed by atoms with van der Waals surface area (Å²) >= 11 is 0. The van der Waals surface area contributed by atoms with Crippen LogP contribution in [0.5, 0.6) is 0 Å². The number of unbranched alkanes of at least 4 members (excludes halogenated alkanes) is 1. The highest BCUT2D eigenvalue weighted by Gasteiger charge is 2.30. The van der Waals surface area contributed by atoms with E-state index < -0.39 is 0 Å². The zero-order valence-electron chi connectivity index (χ0n) is 14.0. The number of nitrogens with zero attached hydrogens (tertiary/aromatic N) is 2. The number of hydrogen-bond acceptors (Lipinski definition) is 3. The number of pyridine rings is 1. The first-order valence-electron chi connectivity index (χ1n) is 8.93. The van der Waals surface area contributed by atoms with Gasteiger partial charge in [-0.1, -0.05) is 20.3 Å². The minimum Gasteiger partial charge on any atom is -0.312 e. The number of rotatable bonds is 7. The van der Waals surface area contributed by atoms with E-state index in [1.165, 1.54) is 36.9 Å². The van der Waals surface area contributed by atoms with E-state index in [0.29, 0.717) is 12.6 Å². The molecule has 22 heavy (non-hydrogen) atoms. The van der Waals surface area contributed by atoms with Gasteiger partial charge in [-0.2, -0.15) is 0 Å². The van der Waals surface area contributed by atoms with Crippen LogP contribution in [-0.2, 0) is 19.5 Å². The largest absolute Gasteiger partial charge is 0.312 e. The minimum absolute atomic E-state index is 0.259. The number of nitrogens with one attached hydrogen (secondary N) is 1. The van der Waals surface area contributed by atoms with Crippen molar-refractivity contribution in [3.05, 3.63) is 33.2 Å². The van der Waals surface area contributed by atoms with Crippen molar-refractivity contribution in [1.29, 1.82) is 0 Å². The summed E-state index contributed by atoms with van der Waals surface area (Å²) in [5.41, 5.74) is 3.91. The molecule has 2 heterocycles. The smallest absolute Gasteiger partial charge is 0.255 e. The highest BCUT2D eigenvalue weighted by atomic mass is 16.1. The second kappa shape index (κ2) is 6.97. The first kappa shape index (κ1) is 15.8. The maximum atomic E-state index is 12.8. The zero-order chi connectivity index (χ0) is 15.5. The van der Waals surface area contributed by atoms with E-state index in [2.05, 4.69) is 34.7 Å². The molecule has 0 unspecified atom stereocenters. The molecule has 1 aliphatic heterocycles. The van der Waals surface area contributed by atoms with Crippen LogP contribution in [0.25, 0.3) is 0 Å². The standard InChI is InChI=1S/C18H29N3O/c1-3-5-9-19-12-14-11-15-13-20(4-2)10-8-17(15)21(18(14)22)16-6-7-16/h11,16,19H,3-10,12-13H2,1-2H3. The molecule has 0 radical (unpaired) electrons. The maximum absolute atomic E-state index is 12.8. The van der Waals surface area contributed by atoms with E-state index >= 15 is 0 Å². The summed E-state index contributed by atoms with van der Waals surface area (Å²) in [6, 6.07) is 2.65. The first-order valence-corrected chi connectivity index (χ1v) is 8.93. The highest BCUT2D eigenvalue weighted by Crippen LogP contribution is 2.36. The summed E-state index contributed by atoms with van der Waals surface area (Å²) in [5, 5.41) is 3.44. The second-order valence-corrected chi connectivity index (χ2v) is 6.70. The zero-order valence-corrected chi connectivity index (χ0v) is 14.0. The predicted octanol–water partition coefficient (Wildman–Crippen LogP) is 2.45. The number of aromatic nitrogens is 1. The number of fused-ring (bicyclic) bond motifs is 1. The molecule has 122 valence electrons. The Morgan fingerprint density at radius 2 is 2.14 bits per heavy atom. The maximum Gasteiger partial charge on any atom is 0.255 e. The predicted molar refractivity (Wildman–Crippen MR) is 90.2 cm³/mol. The average Bonchev–Trinajstić information content (AvgIpc) is 3.36. The molecule has 0 amide bonds. The molecule has 2 aliphatic rings. The molecule has 1 saturated carbocycles. The number of hydrogen-bond donors (Lipinski definition) is 1. The van der Waals surface area contributed by atoms with Crippen molar-refractivity contribution < 1.29 is 0 Å². The van der Waals surface area contributed by atoms with Crippen molar-refractivity contribution in [2.45, 2.75) is 65.1 Å². The highest BCUT2D eigenvalue weighted by molar-refractivity contribution is 5.30. The van der Waals surface area contributed by atoms with Gasteiger partial charge in [0.15, 0.2) is 0 Å². The Morgan fingerprint density at radius 3 is 2.82 bits per heavy atom. The van der Waals surface area contributed by atoms with Gasteiger partial charge in [-0.05, 0) is 44.0 Å². The fraction of sp³-hybridized carbons (Fsp3) is 0.722. The molecular formula is C18H29N3O. The SMILES string of the molecule is CCCCNCc1cc2c(n(C3CC3)c1=O)CCN(CC)C2. The molecule has 1 aromatic rings. The molecule has 1 aromatic heterocycles. The lowest BCUT2D eigenvalue weighted by molar-refractivity contribution is 0.261. The van der Waals surface area contributed by atoms with Crippen molar-refractivity contribution in [2.24, 2.45) is 0 Å². The average molecular weight is 303 g/mol. The summed E-state index contributed by atoms with van der Waals surface area (Å²) in [4.78, 5) is 15.3. The summed E-state index contributed by atoms with van der Waals surface area (Å²) in [7, 11) is 0. The Kier molecular flexibility index (Phi) is 4.99. The van der Waals surface area contributed by atoms with E-state index in [1.54, 1.807) is 0 Å². The van der Waals surface area contributed by atoms with Gasteiger partial charge in [-0.25, -0.2) is 0 Å². The van der Waals surface area contributed by atoms with Crippen LogP contribution < -0.4 is 10.9 Å². The van der Waals surface area contributed by atoms with Crippen LogP contribution in [0.15, 0.2) is 10.9 Å². The minimum atomic E-state index is 0.259. The van der Waals surface area contributed by atoms with Crippen LogP contribution in [0, 0.1) is 0 Å². The lowest BCUT2D eigenvalue weighted by atomic mass is 10.0. The molecular weight excluding hydrogens is 274 g/mol. The molecule has 0 aromatic carbocycles. The summed E-state index contributed by atoms with van der Waals surface area (Å²) in [6.07, 6.45) is 5.74. The van der Waals surface area contributed by atoms with Gasteiger partial charge >= 0.3 is 0 Å². The van der Waals surface area contributed by atoms with Crippen molar-refractivity contribution in [3.63, 3.8) is 0 Å². The van der Waals surface area contributed by atoms with Crippen molar-refractivity contribution in [1.82, 2.24) is 14.8 Å². The quantitative estimate of drug-likeness (QED) is 0.786. The van der Waals surface area contributed by atoms with E-state index in [0.717, 1.165) is 38.2 Å². The molecule has 0 saturated heterocycles. The van der Waals surface area contributed by atoms with E-state index in [4.69, 9.17) is 0 Å². The van der Waals surface area contributed by atoms with Gasteiger partial charge in [-0.3, -0.25) is 9.69 Å². The number of likely N-dealkylation sites (N-methyl/N-ethyl adjacent to an activating group) is 1. The summed E-state index contributed by atoms with van der Waals surface area (Å²) < 4.78 is 2.14. The molecule has 4 nitrogen and oxygen atoms in total. The Morgan fingerprint density at radius 1 is 1.32 bits per heavy atom. The second-order valence-electron chi connectivity index (χ2n) is 6.70. The van der Waals surface area contributed by atoms with Crippen LogP contribution in [0.1, 0.15) is 62.4 Å². The van der Waals surface area contributed by atoms with Crippen LogP contribution in [-0.4, -0.2) is 29.1 Å². The lowest BCUT2D eigenvalue weighted by Crippen LogP contribution is -2.37. The molecule has 0 atom stereocenters. The Hall–Kier alpha value is -1.13. The molecule has 4 heteroatoms. The summed E-state index contributed by atoms with van der Waals surface area (Å²) in [6.45, 7) is 9.30. The monoisotopic (exact) mass is 303 g/mol. The first-order chi connectivity index (χ1) is 10.7. The van der Waals surface area contributed by atoms with Crippen LogP contribution in [0.3, 0.4) is 0 Å². The lowest BCUT2D eigenvalue weighted by Gasteiger charge is -2.30. The van der Waals surface area contributed by atoms with Gasteiger partial charge in [-0.15, -0.1) is 0 Å².